The van der Waals surface area contributed by atoms with Gasteiger partial charge in [0.25, 0.3) is 11.6 Å². The van der Waals surface area contributed by atoms with E-state index in [1.807, 2.05) is 18.2 Å². The van der Waals surface area contributed by atoms with E-state index in [1.165, 1.54) is 30.3 Å². The minimum absolute atomic E-state index is 0.0335. The van der Waals surface area contributed by atoms with E-state index < -0.39 is 10.8 Å². The third-order valence-electron chi connectivity index (χ3n) is 4.91. The highest BCUT2D eigenvalue weighted by molar-refractivity contribution is 6.01. The molecule has 1 N–H and O–H groups in total. The lowest BCUT2D eigenvalue weighted by Gasteiger charge is -2.10. The number of hydrogen-bond acceptors (Lipinski definition) is 8. The molecular formula is C25H23N3O7. The Morgan fingerprint density at radius 1 is 1.11 bits per heavy atom. The van der Waals surface area contributed by atoms with Crippen molar-refractivity contribution in [3.63, 3.8) is 0 Å². The number of nitrogens with zero attached hydrogens (tertiary/aromatic N) is 2. The van der Waals surface area contributed by atoms with Crippen LogP contribution in [0.1, 0.15) is 17.1 Å². The fourth-order valence-corrected chi connectivity index (χ4v) is 3.11. The lowest BCUT2D eigenvalue weighted by atomic mass is 10.1. The van der Waals surface area contributed by atoms with E-state index in [1.54, 1.807) is 32.4 Å². The molecule has 10 nitrogen and oxygen atoms in total. The van der Waals surface area contributed by atoms with Crippen LogP contribution in [-0.2, 0) is 17.8 Å². The maximum absolute atomic E-state index is 12.4. The number of furan rings is 1. The van der Waals surface area contributed by atoms with Crippen LogP contribution < -0.4 is 19.5 Å². The monoisotopic (exact) mass is 477 g/mol. The van der Waals surface area contributed by atoms with Crippen molar-refractivity contribution in [1.29, 1.82) is 5.26 Å². The zero-order chi connectivity index (χ0) is 25.2. The van der Waals surface area contributed by atoms with E-state index in [4.69, 9.17) is 18.6 Å². The zero-order valence-corrected chi connectivity index (χ0v) is 19.1. The van der Waals surface area contributed by atoms with Gasteiger partial charge in [-0.1, -0.05) is 6.07 Å². The summed E-state index contributed by atoms with van der Waals surface area (Å²) in [5.74, 6) is 1.91. The summed E-state index contributed by atoms with van der Waals surface area (Å²) in [5, 5.41) is 22.8. The van der Waals surface area contributed by atoms with E-state index in [9.17, 15) is 20.2 Å². The van der Waals surface area contributed by atoms with Crippen LogP contribution in [0.5, 0.6) is 17.2 Å². The van der Waals surface area contributed by atoms with Crippen molar-refractivity contribution in [3.8, 4) is 23.3 Å². The molecule has 0 aliphatic carbocycles. The molecule has 0 aliphatic heterocycles. The van der Waals surface area contributed by atoms with Gasteiger partial charge in [0.1, 0.15) is 35.5 Å². The van der Waals surface area contributed by atoms with Crippen molar-refractivity contribution < 1.29 is 28.3 Å². The third kappa shape index (κ3) is 6.85. The van der Waals surface area contributed by atoms with Gasteiger partial charge in [0.2, 0.25) is 0 Å². The van der Waals surface area contributed by atoms with Crippen LogP contribution in [-0.4, -0.2) is 31.6 Å². The summed E-state index contributed by atoms with van der Waals surface area (Å²) in [6.07, 6.45) is 1.89. The zero-order valence-electron chi connectivity index (χ0n) is 19.1. The summed E-state index contributed by atoms with van der Waals surface area (Å²) in [4.78, 5) is 22.6. The molecule has 0 fully saturated rings. The number of rotatable bonds is 11. The molecule has 10 heteroatoms. The van der Waals surface area contributed by atoms with Crippen LogP contribution in [0.3, 0.4) is 0 Å². The van der Waals surface area contributed by atoms with Gasteiger partial charge in [0.15, 0.2) is 11.5 Å². The minimum Gasteiger partial charge on any atom is -0.493 e. The largest absolute Gasteiger partial charge is 0.493 e. The smallest absolute Gasteiger partial charge is 0.269 e. The molecule has 0 saturated carbocycles. The number of benzene rings is 2. The molecule has 0 radical (unpaired) electrons. The Balaban J connectivity index is 1.54. The number of nitriles is 1. The first-order valence-electron chi connectivity index (χ1n) is 10.5. The predicted octanol–water partition coefficient (Wildman–Crippen LogP) is 4.05. The molecular weight excluding hydrogens is 454 g/mol. The fourth-order valence-electron chi connectivity index (χ4n) is 3.11. The summed E-state index contributed by atoms with van der Waals surface area (Å²) < 4.78 is 21.6. The minimum atomic E-state index is -0.520. The molecule has 0 unspecified atom stereocenters. The number of nitro benzene ring substituents is 1. The number of non-ortho nitro benzene ring substituents is 1. The van der Waals surface area contributed by atoms with E-state index in [2.05, 4.69) is 5.32 Å². The molecule has 0 bridgehead atoms. The number of carbonyl (C=O) groups excluding carboxylic acids is 1. The lowest BCUT2D eigenvalue weighted by Crippen LogP contribution is -2.26. The molecule has 2 aromatic carbocycles. The Hall–Kier alpha value is -4.78. The van der Waals surface area contributed by atoms with Gasteiger partial charge in [-0.25, -0.2) is 0 Å². The number of hydrogen-bond donors (Lipinski definition) is 1. The average molecular weight is 477 g/mol. The molecule has 180 valence electrons. The Morgan fingerprint density at radius 3 is 2.51 bits per heavy atom. The molecule has 35 heavy (non-hydrogen) atoms. The summed E-state index contributed by atoms with van der Waals surface area (Å²) in [6.45, 7) is 0.394. The van der Waals surface area contributed by atoms with Gasteiger partial charge in [-0.3, -0.25) is 14.9 Å². The van der Waals surface area contributed by atoms with Gasteiger partial charge in [-0.15, -0.1) is 0 Å². The molecule has 0 saturated heterocycles. The van der Waals surface area contributed by atoms with Crippen LogP contribution in [0.2, 0.25) is 0 Å². The van der Waals surface area contributed by atoms with Crippen molar-refractivity contribution in [1.82, 2.24) is 5.32 Å². The highest BCUT2D eigenvalue weighted by atomic mass is 16.6. The number of carbonyl (C=O) groups is 1. The summed E-state index contributed by atoms with van der Waals surface area (Å²) in [5.41, 5.74) is 0.803. The first kappa shape index (κ1) is 24.9. The Kier molecular flexibility index (Phi) is 8.45. The SMILES string of the molecule is COc1ccc(CCNC(=O)C(C#N)=Cc2ccc(COc3ccc([N+](=O)[O-])cc3)o2)cc1OC. The van der Waals surface area contributed by atoms with E-state index in [0.29, 0.717) is 41.7 Å². The predicted molar refractivity (Wildman–Crippen MR) is 126 cm³/mol. The topological polar surface area (TPSA) is 137 Å². The van der Waals surface area contributed by atoms with E-state index >= 15 is 0 Å². The standard InChI is InChI=1S/C25H23N3O7/c1-32-23-10-3-17(13-24(23)33-2)11-12-27-25(29)18(15-26)14-21-8-9-22(35-21)16-34-20-6-4-19(5-7-20)28(30)31/h3-10,13-14H,11-12,16H2,1-2H3,(H,27,29). The first-order chi connectivity index (χ1) is 16.9. The number of nitrogens with one attached hydrogen (secondary N) is 1. The first-order valence-corrected chi connectivity index (χ1v) is 10.5. The highest BCUT2D eigenvalue weighted by Crippen LogP contribution is 2.27. The molecule has 1 amide bonds. The lowest BCUT2D eigenvalue weighted by molar-refractivity contribution is -0.384. The van der Waals surface area contributed by atoms with Crippen LogP contribution in [0.25, 0.3) is 6.08 Å². The second-order valence-corrected chi connectivity index (χ2v) is 7.21. The fraction of sp³-hybridized carbons (Fsp3) is 0.200. The number of nitro groups is 1. The van der Waals surface area contributed by atoms with E-state index in [0.717, 1.165) is 5.56 Å². The van der Waals surface area contributed by atoms with Crippen molar-refractivity contribution in [2.24, 2.45) is 0 Å². The van der Waals surface area contributed by atoms with Gasteiger partial charge >= 0.3 is 0 Å². The van der Waals surface area contributed by atoms with Gasteiger partial charge < -0.3 is 23.9 Å². The summed E-state index contributed by atoms with van der Waals surface area (Å²) in [6, 6.07) is 16.3. The normalized spacial score (nSPS) is 10.8. The van der Waals surface area contributed by atoms with Crippen LogP contribution in [0, 0.1) is 21.4 Å². The number of ether oxygens (including phenoxy) is 3. The highest BCUT2D eigenvalue weighted by Gasteiger charge is 2.12. The molecule has 3 rings (SSSR count). The number of amides is 1. The van der Waals surface area contributed by atoms with Crippen molar-refractivity contribution >= 4 is 17.7 Å². The van der Waals surface area contributed by atoms with Crippen molar-refractivity contribution in [2.75, 3.05) is 20.8 Å². The van der Waals surface area contributed by atoms with Gasteiger partial charge in [0.05, 0.1) is 19.1 Å². The Labute approximate surface area is 201 Å². The summed E-state index contributed by atoms with van der Waals surface area (Å²) in [7, 11) is 3.11. The number of methoxy groups -OCH3 is 2. The average Bonchev–Trinajstić information content (AvgIpc) is 3.33. The van der Waals surface area contributed by atoms with E-state index in [-0.39, 0.29) is 17.9 Å². The molecule has 3 aromatic rings. The molecule has 1 aromatic heterocycles. The maximum Gasteiger partial charge on any atom is 0.269 e. The maximum atomic E-state index is 12.4. The molecule has 0 aliphatic rings. The molecule has 1 heterocycles. The summed E-state index contributed by atoms with van der Waals surface area (Å²) >= 11 is 0. The van der Waals surface area contributed by atoms with Crippen molar-refractivity contribution in [2.45, 2.75) is 13.0 Å². The van der Waals surface area contributed by atoms with Crippen molar-refractivity contribution in [3.05, 3.63) is 87.4 Å². The van der Waals surface area contributed by atoms with Gasteiger partial charge in [0, 0.05) is 24.8 Å². The van der Waals surface area contributed by atoms with Gasteiger partial charge in [-0.05, 0) is 48.4 Å². The second kappa shape index (κ2) is 11.9. The van der Waals surface area contributed by atoms with Crippen LogP contribution in [0.15, 0.2) is 64.6 Å². The third-order valence-corrected chi connectivity index (χ3v) is 4.91. The molecule has 0 spiro atoms. The molecule has 0 atom stereocenters. The van der Waals surface area contributed by atoms with Crippen LogP contribution >= 0.6 is 0 Å². The van der Waals surface area contributed by atoms with Crippen LogP contribution in [0.4, 0.5) is 5.69 Å². The van der Waals surface area contributed by atoms with Gasteiger partial charge in [-0.2, -0.15) is 5.26 Å². The Morgan fingerprint density at radius 2 is 1.86 bits per heavy atom. The second-order valence-electron chi connectivity index (χ2n) is 7.21. The quantitative estimate of drug-likeness (QED) is 0.189. The Bertz CT molecular complexity index is 1260.